The molecule has 1 aromatic heterocycles. The van der Waals surface area contributed by atoms with E-state index in [1.54, 1.807) is 17.0 Å². The van der Waals surface area contributed by atoms with Gasteiger partial charge < -0.3 is 19.5 Å². The number of furan rings is 1. The highest BCUT2D eigenvalue weighted by Gasteiger charge is 2.21. The van der Waals surface area contributed by atoms with Crippen molar-refractivity contribution in [2.75, 3.05) is 30.9 Å². The summed E-state index contributed by atoms with van der Waals surface area (Å²) in [7, 11) is 3.94. The van der Waals surface area contributed by atoms with Crippen molar-refractivity contribution in [3.8, 4) is 0 Å². The minimum absolute atomic E-state index is 0.00301. The van der Waals surface area contributed by atoms with Gasteiger partial charge in [0, 0.05) is 45.0 Å². The van der Waals surface area contributed by atoms with Crippen LogP contribution in [0, 0.1) is 5.92 Å². The molecule has 0 unspecified atom stereocenters. The molecular formula is C22H31N3O3. The molecule has 0 aliphatic carbocycles. The molecule has 1 heterocycles. The largest absolute Gasteiger partial charge is 0.459 e. The summed E-state index contributed by atoms with van der Waals surface area (Å²) < 4.78 is 5.32. The van der Waals surface area contributed by atoms with Crippen LogP contribution in [-0.2, 0) is 11.3 Å². The van der Waals surface area contributed by atoms with E-state index in [4.69, 9.17) is 4.42 Å². The van der Waals surface area contributed by atoms with Crippen molar-refractivity contribution in [3.05, 3.63) is 47.9 Å². The fourth-order valence-electron chi connectivity index (χ4n) is 3.10. The van der Waals surface area contributed by atoms with E-state index < -0.39 is 0 Å². The van der Waals surface area contributed by atoms with Gasteiger partial charge in [-0.2, -0.15) is 0 Å². The Morgan fingerprint density at radius 3 is 2.50 bits per heavy atom. The lowest BCUT2D eigenvalue weighted by Crippen LogP contribution is -2.34. The summed E-state index contributed by atoms with van der Waals surface area (Å²) in [5.41, 5.74) is 2.73. The number of anilines is 2. The number of benzene rings is 1. The molecule has 0 saturated heterocycles. The number of hydrogen-bond donors (Lipinski definition) is 1. The van der Waals surface area contributed by atoms with Crippen LogP contribution in [0.3, 0.4) is 0 Å². The van der Waals surface area contributed by atoms with Crippen LogP contribution in [0.15, 0.2) is 41.0 Å². The first-order chi connectivity index (χ1) is 13.3. The Morgan fingerprint density at radius 2 is 1.93 bits per heavy atom. The van der Waals surface area contributed by atoms with Gasteiger partial charge in [0.2, 0.25) is 5.91 Å². The lowest BCUT2D eigenvalue weighted by Gasteiger charge is -2.27. The van der Waals surface area contributed by atoms with Gasteiger partial charge in [0.15, 0.2) is 5.76 Å². The number of nitrogens with one attached hydrogen (secondary N) is 1. The molecule has 0 aliphatic rings. The fraction of sp³-hybridized carbons (Fsp3) is 0.455. The monoisotopic (exact) mass is 385 g/mol. The highest BCUT2D eigenvalue weighted by atomic mass is 16.3. The molecular weight excluding hydrogens is 354 g/mol. The first-order valence-corrected chi connectivity index (χ1v) is 9.74. The zero-order valence-electron chi connectivity index (χ0n) is 17.5. The normalized spacial score (nSPS) is 10.8. The SMILES string of the molecule is CCCC(=O)Nc1ccc(N(C)C)c(CN(CC(C)C)C(=O)c2ccco2)c1. The Morgan fingerprint density at radius 1 is 1.18 bits per heavy atom. The summed E-state index contributed by atoms with van der Waals surface area (Å²) in [6, 6.07) is 9.22. The highest BCUT2D eigenvalue weighted by Crippen LogP contribution is 2.26. The second kappa shape index (κ2) is 9.97. The van der Waals surface area contributed by atoms with E-state index in [9.17, 15) is 9.59 Å². The third kappa shape index (κ3) is 5.87. The van der Waals surface area contributed by atoms with Crippen molar-refractivity contribution < 1.29 is 14.0 Å². The standard InChI is InChI=1S/C22H31N3O3/c1-6-8-21(26)23-18-10-11-19(24(4)5)17(13-18)15-25(14-16(2)3)22(27)20-9-7-12-28-20/h7,9-13,16H,6,8,14-15H2,1-5H3,(H,23,26). The molecule has 28 heavy (non-hydrogen) atoms. The maximum absolute atomic E-state index is 12.9. The van der Waals surface area contributed by atoms with Crippen molar-refractivity contribution in [2.24, 2.45) is 5.92 Å². The number of nitrogens with zero attached hydrogens (tertiary/aromatic N) is 2. The van der Waals surface area contributed by atoms with Gasteiger partial charge in [-0.15, -0.1) is 0 Å². The molecule has 0 aliphatic heterocycles. The molecule has 0 fully saturated rings. The zero-order chi connectivity index (χ0) is 20.7. The summed E-state index contributed by atoms with van der Waals surface area (Å²) in [5, 5.41) is 2.94. The molecule has 6 nitrogen and oxygen atoms in total. The van der Waals surface area contributed by atoms with Gasteiger partial charge in [-0.1, -0.05) is 20.8 Å². The van der Waals surface area contributed by atoms with Crippen LogP contribution >= 0.6 is 0 Å². The first-order valence-electron chi connectivity index (χ1n) is 9.74. The first kappa shape index (κ1) is 21.5. The number of amides is 2. The molecule has 0 spiro atoms. The van der Waals surface area contributed by atoms with E-state index in [2.05, 4.69) is 19.2 Å². The Balaban J connectivity index is 2.32. The topological polar surface area (TPSA) is 65.8 Å². The van der Waals surface area contributed by atoms with Gasteiger partial charge in [0.1, 0.15) is 0 Å². The Hall–Kier alpha value is -2.76. The van der Waals surface area contributed by atoms with Crippen molar-refractivity contribution in [3.63, 3.8) is 0 Å². The van der Waals surface area contributed by atoms with Gasteiger partial charge in [-0.3, -0.25) is 9.59 Å². The third-order valence-corrected chi connectivity index (χ3v) is 4.29. The summed E-state index contributed by atoms with van der Waals surface area (Å²) in [6.45, 7) is 7.18. The molecule has 2 amide bonds. The van der Waals surface area contributed by atoms with E-state index >= 15 is 0 Å². The van der Waals surface area contributed by atoms with Gasteiger partial charge in [0.05, 0.1) is 6.26 Å². The molecule has 2 rings (SSSR count). The fourth-order valence-corrected chi connectivity index (χ4v) is 3.10. The third-order valence-electron chi connectivity index (χ3n) is 4.29. The lowest BCUT2D eigenvalue weighted by atomic mass is 10.1. The molecule has 0 atom stereocenters. The highest BCUT2D eigenvalue weighted by molar-refractivity contribution is 5.92. The number of carbonyl (C=O) groups is 2. The summed E-state index contributed by atoms with van der Waals surface area (Å²) in [4.78, 5) is 28.7. The van der Waals surface area contributed by atoms with Gasteiger partial charge in [0.25, 0.3) is 5.91 Å². The predicted molar refractivity (Wildman–Crippen MR) is 113 cm³/mol. The average Bonchev–Trinajstić information content (AvgIpc) is 3.15. The van der Waals surface area contributed by atoms with Crippen molar-refractivity contribution >= 4 is 23.2 Å². The van der Waals surface area contributed by atoms with E-state index in [1.165, 1.54) is 6.26 Å². The van der Waals surface area contributed by atoms with Gasteiger partial charge in [-0.05, 0) is 48.2 Å². The Bertz CT molecular complexity index is 782. The molecule has 2 aromatic rings. The van der Waals surface area contributed by atoms with E-state index in [1.807, 2.05) is 44.1 Å². The van der Waals surface area contributed by atoms with Crippen LogP contribution in [0.5, 0.6) is 0 Å². The molecule has 1 aromatic carbocycles. The summed E-state index contributed by atoms with van der Waals surface area (Å²) in [6.07, 6.45) is 2.80. The Labute approximate surface area is 167 Å². The quantitative estimate of drug-likeness (QED) is 0.695. The van der Waals surface area contributed by atoms with E-state index in [0.29, 0.717) is 31.2 Å². The van der Waals surface area contributed by atoms with Gasteiger partial charge >= 0.3 is 0 Å². The number of rotatable bonds is 9. The van der Waals surface area contributed by atoms with Crippen LogP contribution in [0.2, 0.25) is 0 Å². The number of hydrogen-bond acceptors (Lipinski definition) is 4. The van der Waals surface area contributed by atoms with Crippen molar-refractivity contribution in [1.29, 1.82) is 0 Å². The van der Waals surface area contributed by atoms with Crippen LogP contribution in [0.1, 0.15) is 49.7 Å². The molecule has 0 bridgehead atoms. The van der Waals surface area contributed by atoms with Crippen LogP contribution in [0.25, 0.3) is 0 Å². The molecule has 6 heteroatoms. The Kier molecular flexibility index (Phi) is 7.67. The summed E-state index contributed by atoms with van der Waals surface area (Å²) in [5.74, 6) is 0.509. The van der Waals surface area contributed by atoms with Crippen molar-refractivity contribution in [1.82, 2.24) is 4.90 Å². The van der Waals surface area contributed by atoms with E-state index in [0.717, 1.165) is 23.4 Å². The van der Waals surface area contributed by atoms with Crippen LogP contribution in [-0.4, -0.2) is 37.4 Å². The van der Waals surface area contributed by atoms with Crippen molar-refractivity contribution in [2.45, 2.75) is 40.2 Å². The lowest BCUT2D eigenvalue weighted by molar-refractivity contribution is -0.116. The summed E-state index contributed by atoms with van der Waals surface area (Å²) >= 11 is 0. The average molecular weight is 386 g/mol. The zero-order valence-corrected chi connectivity index (χ0v) is 17.5. The minimum Gasteiger partial charge on any atom is -0.459 e. The van der Waals surface area contributed by atoms with Gasteiger partial charge in [-0.25, -0.2) is 0 Å². The minimum atomic E-state index is -0.135. The molecule has 152 valence electrons. The van der Waals surface area contributed by atoms with Crippen LogP contribution < -0.4 is 10.2 Å². The second-order valence-electron chi connectivity index (χ2n) is 7.59. The number of carbonyl (C=O) groups excluding carboxylic acids is 2. The maximum atomic E-state index is 12.9. The molecule has 1 N–H and O–H groups in total. The molecule has 0 radical (unpaired) electrons. The van der Waals surface area contributed by atoms with Crippen LogP contribution in [0.4, 0.5) is 11.4 Å². The predicted octanol–water partition coefficient (Wildman–Crippen LogP) is 4.38. The van der Waals surface area contributed by atoms with E-state index in [-0.39, 0.29) is 11.8 Å². The maximum Gasteiger partial charge on any atom is 0.289 e. The smallest absolute Gasteiger partial charge is 0.289 e. The second-order valence-corrected chi connectivity index (χ2v) is 7.59. The molecule has 0 saturated carbocycles.